The largest absolute Gasteiger partial charge is 0.375 e. The highest BCUT2D eigenvalue weighted by Gasteiger charge is 2.23. The topological polar surface area (TPSA) is 55.6 Å². The SMILES string of the molecule is CCC1CN(C(=O)c2ccc(CN)cc2)CCO1.Cl. The van der Waals surface area contributed by atoms with Gasteiger partial charge in [-0.05, 0) is 24.1 Å². The summed E-state index contributed by atoms with van der Waals surface area (Å²) < 4.78 is 5.57. The molecule has 1 aliphatic rings. The summed E-state index contributed by atoms with van der Waals surface area (Å²) in [5, 5.41) is 0. The van der Waals surface area contributed by atoms with Crippen LogP contribution in [0.2, 0.25) is 0 Å². The maximum Gasteiger partial charge on any atom is 0.254 e. The van der Waals surface area contributed by atoms with Crippen LogP contribution in [-0.4, -0.2) is 36.6 Å². The highest BCUT2D eigenvalue weighted by molar-refractivity contribution is 5.94. The number of morpholine rings is 1. The Balaban J connectivity index is 0.00000180. The number of carbonyl (C=O) groups is 1. The molecule has 2 rings (SSSR count). The van der Waals surface area contributed by atoms with E-state index in [0.717, 1.165) is 17.5 Å². The second-order valence-corrected chi connectivity index (χ2v) is 4.55. The van der Waals surface area contributed by atoms with Gasteiger partial charge in [0.2, 0.25) is 0 Å². The van der Waals surface area contributed by atoms with E-state index in [0.29, 0.717) is 26.2 Å². The van der Waals surface area contributed by atoms with Crippen molar-refractivity contribution in [2.75, 3.05) is 19.7 Å². The van der Waals surface area contributed by atoms with E-state index in [2.05, 4.69) is 6.92 Å². The van der Waals surface area contributed by atoms with Crippen LogP contribution < -0.4 is 5.73 Å². The number of halogens is 1. The number of hydrogen-bond acceptors (Lipinski definition) is 3. The van der Waals surface area contributed by atoms with Gasteiger partial charge in [0.1, 0.15) is 0 Å². The second-order valence-electron chi connectivity index (χ2n) is 4.55. The van der Waals surface area contributed by atoms with Gasteiger partial charge in [-0.3, -0.25) is 4.79 Å². The number of carbonyl (C=O) groups excluding carboxylic acids is 1. The Hall–Kier alpha value is -1.10. The minimum absolute atomic E-state index is 0. The van der Waals surface area contributed by atoms with E-state index in [-0.39, 0.29) is 24.4 Å². The van der Waals surface area contributed by atoms with Crippen molar-refractivity contribution in [1.82, 2.24) is 4.90 Å². The summed E-state index contributed by atoms with van der Waals surface area (Å²) in [7, 11) is 0. The van der Waals surface area contributed by atoms with Crippen LogP contribution in [0.25, 0.3) is 0 Å². The van der Waals surface area contributed by atoms with Crippen molar-refractivity contribution in [3.05, 3.63) is 35.4 Å². The average molecular weight is 285 g/mol. The summed E-state index contributed by atoms with van der Waals surface area (Å²) in [4.78, 5) is 14.2. The number of nitrogens with two attached hydrogens (primary N) is 1. The summed E-state index contributed by atoms with van der Waals surface area (Å²) in [5.74, 6) is 0.0836. The molecule has 0 radical (unpaired) electrons. The lowest BCUT2D eigenvalue weighted by Crippen LogP contribution is -2.45. The predicted molar refractivity (Wildman–Crippen MR) is 77.5 cm³/mol. The van der Waals surface area contributed by atoms with E-state index in [9.17, 15) is 4.79 Å². The van der Waals surface area contributed by atoms with Gasteiger partial charge in [-0.15, -0.1) is 12.4 Å². The molecule has 0 aromatic heterocycles. The summed E-state index contributed by atoms with van der Waals surface area (Å²) in [5.41, 5.74) is 7.31. The first-order valence-corrected chi connectivity index (χ1v) is 6.44. The summed E-state index contributed by atoms with van der Waals surface area (Å²) in [6.07, 6.45) is 1.11. The molecular weight excluding hydrogens is 264 g/mol. The van der Waals surface area contributed by atoms with Gasteiger partial charge in [-0.25, -0.2) is 0 Å². The summed E-state index contributed by atoms with van der Waals surface area (Å²) >= 11 is 0. The van der Waals surface area contributed by atoms with E-state index < -0.39 is 0 Å². The van der Waals surface area contributed by atoms with Gasteiger partial charge < -0.3 is 15.4 Å². The number of benzene rings is 1. The Morgan fingerprint density at radius 3 is 2.68 bits per heavy atom. The lowest BCUT2D eigenvalue weighted by atomic mass is 10.1. The number of amides is 1. The molecule has 2 N–H and O–H groups in total. The zero-order valence-corrected chi connectivity index (χ0v) is 12.0. The minimum atomic E-state index is 0. The Morgan fingerprint density at radius 2 is 2.11 bits per heavy atom. The van der Waals surface area contributed by atoms with Gasteiger partial charge in [0.15, 0.2) is 0 Å². The van der Waals surface area contributed by atoms with Gasteiger partial charge >= 0.3 is 0 Å². The van der Waals surface area contributed by atoms with Crippen molar-refractivity contribution in [1.29, 1.82) is 0 Å². The maximum atomic E-state index is 12.3. The number of hydrogen-bond donors (Lipinski definition) is 1. The molecule has 0 aliphatic carbocycles. The molecule has 1 aliphatic heterocycles. The molecule has 1 amide bonds. The molecule has 0 bridgehead atoms. The third kappa shape index (κ3) is 3.93. The van der Waals surface area contributed by atoms with Crippen molar-refractivity contribution in [2.24, 2.45) is 5.73 Å². The first-order chi connectivity index (χ1) is 8.74. The zero-order chi connectivity index (χ0) is 13.0. The standard InChI is InChI=1S/C14H20N2O2.ClH/c1-2-13-10-16(7-8-18-13)14(17)12-5-3-11(9-15)4-6-12;/h3-6,13H,2,7-10,15H2,1H3;1H. The fourth-order valence-corrected chi connectivity index (χ4v) is 2.12. The van der Waals surface area contributed by atoms with Crippen molar-refractivity contribution < 1.29 is 9.53 Å². The van der Waals surface area contributed by atoms with Crippen molar-refractivity contribution in [3.8, 4) is 0 Å². The maximum absolute atomic E-state index is 12.3. The molecule has 1 aromatic carbocycles. The molecule has 1 atom stereocenters. The molecule has 4 nitrogen and oxygen atoms in total. The monoisotopic (exact) mass is 284 g/mol. The fourth-order valence-electron chi connectivity index (χ4n) is 2.12. The van der Waals surface area contributed by atoms with Gasteiger partial charge in [0, 0.05) is 25.2 Å². The lowest BCUT2D eigenvalue weighted by Gasteiger charge is -2.32. The van der Waals surface area contributed by atoms with Crippen LogP contribution in [0.1, 0.15) is 29.3 Å². The van der Waals surface area contributed by atoms with Crippen LogP contribution in [-0.2, 0) is 11.3 Å². The van der Waals surface area contributed by atoms with E-state index in [1.54, 1.807) is 0 Å². The molecule has 5 heteroatoms. The van der Waals surface area contributed by atoms with Crippen molar-refractivity contribution in [2.45, 2.75) is 26.0 Å². The molecule has 1 saturated heterocycles. The van der Waals surface area contributed by atoms with E-state index >= 15 is 0 Å². The van der Waals surface area contributed by atoms with Crippen LogP contribution in [0.3, 0.4) is 0 Å². The number of rotatable bonds is 3. The Morgan fingerprint density at radius 1 is 1.42 bits per heavy atom. The predicted octanol–water partition coefficient (Wildman–Crippen LogP) is 1.82. The smallest absolute Gasteiger partial charge is 0.254 e. The van der Waals surface area contributed by atoms with E-state index in [1.807, 2.05) is 29.2 Å². The molecular formula is C14H21ClN2O2. The fraction of sp³-hybridized carbons (Fsp3) is 0.500. The highest BCUT2D eigenvalue weighted by atomic mass is 35.5. The molecule has 106 valence electrons. The molecule has 1 unspecified atom stereocenters. The van der Waals surface area contributed by atoms with Crippen LogP contribution in [0.4, 0.5) is 0 Å². The quantitative estimate of drug-likeness (QED) is 0.921. The Bertz CT molecular complexity index is 408. The minimum Gasteiger partial charge on any atom is -0.375 e. The molecule has 0 saturated carbocycles. The lowest BCUT2D eigenvalue weighted by molar-refractivity contribution is -0.0226. The molecule has 1 aromatic rings. The molecule has 1 heterocycles. The van der Waals surface area contributed by atoms with Gasteiger partial charge in [0.05, 0.1) is 12.7 Å². The molecule has 1 fully saturated rings. The van der Waals surface area contributed by atoms with E-state index in [4.69, 9.17) is 10.5 Å². The summed E-state index contributed by atoms with van der Waals surface area (Å²) in [6.45, 7) is 4.58. The summed E-state index contributed by atoms with van der Waals surface area (Å²) in [6, 6.07) is 7.51. The third-order valence-corrected chi connectivity index (χ3v) is 3.32. The average Bonchev–Trinajstić information content (AvgIpc) is 2.46. The first-order valence-electron chi connectivity index (χ1n) is 6.44. The van der Waals surface area contributed by atoms with Gasteiger partial charge in [0.25, 0.3) is 5.91 Å². The normalized spacial score (nSPS) is 18.8. The second kappa shape index (κ2) is 7.48. The first kappa shape index (κ1) is 16.0. The van der Waals surface area contributed by atoms with Crippen LogP contribution in [0.5, 0.6) is 0 Å². The Kier molecular flexibility index (Phi) is 6.28. The third-order valence-electron chi connectivity index (χ3n) is 3.32. The van der Waals surface area contributed by atoms with Crippen LogP contribution in [0, 0.1) is 0 Å². The highest BCUT2D eigenvalue weighted by Crippen LogP contribution is 2.13. The van der Waals surface area contributed by atoms with Crippen LogP contribution in [0.15, 0.2) is 24.3 Å². The zero-order valence-electron chi connectivity index (χ0n) is 11.2. The van der Waals surface area contributed by atoms with Crippen LogP contribution >= 0.6 is 12.4 Å². The molecule has 19 heavy (non-hydrogen) atoms. The van der Waals surface area contributed by atoms with Crippen molar-refractivity contribution in [3.63, 3.8) is 0 Å². The Labute approximate surface area is 120 Å². The number of nitrogens with zero attached hydrogens (tertiary/aromatic N) is 1. The number of ether oxygens (including phenoxy) is 1. The molecule has 0 spiro atoms. The van der Waals surface area contributed by atoms with Gasteiger partial charge in [-0.1, -0.05) is 19.1 Å². The van der Waals surface area contributed by atoms with E-state index in [1.165, 1.54) is 0 Å². The van der Waals surface area contributed by atoms with Gasteiger partial charge in [-0.2, -0.15) is 0 Å². The van der Waals surface area contributed by atoms with Crippen molar-refractivity contribution >= 4 is 18.3 Å².